The van der Waals surface area contributed by atoms with Gasteiger partial charge in [-0.2, -0.15) is 0 Å². The minimum atomic E-state index is -1.18. The van der Waals surface area contributed by atoms with E-state index in [0.29, 0.717) is 18.2 Å². The van der Waals surface area contributed by atoms with Crippen molar-refractivity contribution in [1.82, 2.24) is 9.13 Å². The number of aromatic nitrogens is 2. The molecule has 1 fully saturated rings. The zero-order chi connectivity index (χ0) is 17.8. The maximum Gasteiger partial charge on any atom is 1.00 e. The van der Waals surface area contributed by atoms with E-state index in [1.54, 1.807) is 6.07 Å². The van der Waals surface area contributed by atoms with E-state index in [0.717, 1.165) is 34.5 Å². The van der Waals surface area contributed by atoms with Crippen LogP contribution in [-0.2, 0) is 11.3 Å². The van der Waals surface area contributed by atoms with Crippen LogP contribution >= 0.6 is 11.8 Å². The molecule has 0 N–H and O–H groups in total. The minimum Gasteiger partial charge on any atom is -0.548 e. The number of aliphatic carboxylic acids is 1. The first-order valence-corrected chi connectivity index (χ1v) is 9.78. The van der Waals surface area contributed by atoms with Crippen LogP contribution < -0.4 is 29.5 Å². The van der Waals surface area contributed by atoms with Gasteiger partial charge in [0, 0.05) is 30.1 Å². The first-order chi connectivity index (χ1) is 12.6. The third-order valence-corrected chi connectivity index (χ3v) is 6.47. The van der Waals surface area contributed by atoms with E-state index in [-0.39, 0.29) is 24.4 Å². The summed E-state index contributed by atoms with van der Waals surface area (Å²) in [4.78, 5) is 24.1. The molecule has 1 saturated carbocycles. The zero-order valence-electron chi connectivity index (χ0n) is 15.1. The summed E-state index contributed by atoms with van der Waals surface area (Å²) in [6.45, 7) is 0.624. The van der Waals surface area contributed by atoms with Crippen molar-refractivity contribution < 1.29 is 28.8 Å². The first-order valence-electron chi connectivity index (χ1n) is 8.79. The van der Waals surface area contributed by atoms with E-state index < -0.39 is 12.0 Å². The molecule has 1 aliphatic carbocycles. The summed E-state index contributed by atoms with van der Waals surface area (Å²) in [6.07, 6.45) is 4.24. The summed E-state index contributed by atoms with van der Waals surface area (Å²) >= 11 is 1.48. The molecular weight excluding hydrogens is 355 g/mol. The molecule has 1 atom stereocenters. The Bertz CT molecular complexity index is 1100. The molecule has 5 rings (SSSR count). The Hall–Kier alpha value is -1.87. The number of hydrogen-bond acceptors (Lipinski definition) is 4. The van der Waals surface area contributed by atoms with Gasteiger partial charge in [-0.3, -0.25) is 9.36 Å². The van der Waals surface area contributed by atoms with Crippen molar-refractivity contribution in [2.75, 3.05) is 5.75 Å². The predicted octanol–water partition coefficient (Wildman–Crippen LogP) is -0.871. The number of thioether (sulfide) groups is 1. The van der Waals surface area contributed by atoms with Crippen molar-refractivity contribution in [2.45, 2.75) is 36.4 Å². The van der Waals surface area contributed by atoms with Crippen molar-refractivity contribution in [2.24, 2.45) is 0 Å². The molecule has 2 aromatic heterocycles. The fourth-order valence-electron chi connectivity index (χ4n) is 3.91. The van der Waals surface area contributed by atoms with Gasteiger partial charge in [0.15, 0.2) is 0 Å². The van der Waals surface area contributed by atoms with Crippen molar-refractivity contribution >= 4 is 28.6 Å². The van der Waals surface area contributed by atoms with Gasteiger partial charge in [0.25, 0.3) is 5.56 Å². The molecule has 1 aliphatic heterocycles. The van der Waals surface area contributed by atoms with E-state index in [4.69, 9.17) is 0 Å². The van der Waals surface area contributed by atoms with Crippen LogP contribution in [0.2, 0.25) is 0 Å². The summed E-state index contributed by atoms with van der Waals surface area (Å²) in [5.41, 5.74) is 3.07. The van der Waals surface area contributed by atoms with Crippen LogP contribution in [-0.4, -0.2) is 20.9 Å². The predicted molar refractivity (Wildman–Crippen MR) is 98.5 cm³/mol. The topological polar surface area (TPSA) is 67.1 Å². The monoisotopic (exact) mass is 372 g/mol. The normalized spacial score (nSPS) is 18.3. The molecule has 0 spiro atoms. The number of carbonyl (C=O) groups is 1. The zero-order valence-corrected chi connectivity index (χ0v) is 15.9. The second kappa shape index (κ2) is 6.94. The summed E-state index contributed by atoms with van der Waals surface area (Å²) in [6, 6.07) is 11.0. The van der Waals surface area contributed by atoms with Crippen molar-refractivity contribution in [3.63, 3.8) is 0 Å². The maximum atomic E-state index is 12.7. The number of fused-ring (bicyclic) bond motifs is 2. The first kappa shape index (κ1) is 18.5. The number of rotatable bonds is 4. The second-order valence-electron chi connectivity index (χ2n) is 7.02. The number of nitrogens with zero attached hydrogens (tertiary/aromatic N) is 2. The van der Waals surface area contributed by atoms with E-state index in [1.807, 2.05) is 18.3 Å². The number of para-hydroxylation sites is 1. The van der Waals surface area contributed by atoms with E-state index in [2.05, 4.69) is 22.8 Å². The Morgan fingerprint density at radius 3 is 2.74 bits per heavy atom. The molecule has 1 aromatic carbocycles. The Labute approximate surface area is 172 Å². The van der Waals surface area contributed by atoms with Gasteiger partial charge in [-0.25, -0.2) is 0 Å². The van der Waals surface area contributed by atoms with Crippen molar-refractivity contribution in [3.05, 3.63) is 64.1 Å². The molecule has 0 bridgehead atoms. The molecule has 0 radical (unpaired) electrons. The SMILES string of the molecule is O=C([O-])[C@@H]1CSc2c(C3CC3)c(Cn3ccc4ccccc43)cc(=O)n21.[Li+]. The summed E-state index contributed by atoms with van der Waals surface area (Å²) in [5, 5.41) is 13.4. The van der Waals surface area contributed by atoms with Gasteiger partial charge in [-0.15, -0.1) is 11.8 Å². The van der Waals surface area contributed by atoms with Crippen LogP contribution in [0.15, 0.2) is 52.4 Å². The average Bonchev–Trinajstić information content (AvgIpc) is 3.21. The van der Waals surface area contributed by atoms with Crippen LogP contribution in [0.25, 0.3) is 10.9 Å². The molecule has 0 unspecified atom stereocenters. The Morgan fingerprint density at radius 2 is 2.00 bits per heavy atom. The quantitative estimate of drug-likeness (QED) is 0.559. The fourth-order valence-corrected chi connectivity index (χ4v) is 5.32. The Balaban J connectivity index is 0.00000180. The minimum absolute atomic E-state index is 0. The third kappa shape index (κ3) is 3.06. The van der Waals surface area contributed by atoms with Crippen molar-refractivity contribution in [3.8, 4) is 0 Å². The fraction of sp³-hybridized carbons (Fsp3) is 0.300. The Morgan fingerprint density at radius 1 is 1.22 bits per heavy atom. The van der Waals surface area contributed by atoms with Crippen LogP contribution in [0, 0.1) is 0 Å². The molecule has 2 aliphatic rings. The number of pyridine rings is 1. The van der Waals surface area contributed by atoms with Gasteiger partial charge in [-0.1, -0.05) is 18.2 Å². The standard InChI is InChI=1S/C20H18N2O3S.Li/c23-17-9-14(10-21-8-7-12-3-1-2-4-15(12)21)18(13-5-6-13)19-22(17)16(11-26-19)20(24)25;/h1-4,7-9,13,16H,5-6,10-11H2,(H,24,25);/q;+1/p-1/t16-;/m0./s1. The number of hydrogen-bond donors (Lipinski definition) is 0. The number of carbonyl (C=O) groups excluding carboxylic acids is 1. The molecule has 5 nitrogen and oxygen atoms in total. The van der Waals surface area contributed by atoms with Gasteiger partial charge in [0.1, 0.15) is 0 Å². The molecule has 0 amide bonds. The van der Waals surface area contributed by atoms with Gasteiger partial charge < -0.3 is 14.5 Å². The average molecular weight is 372 g/mol. The van der Waals surface area contributed by atoms with Crippen LogP contribution in [0.4, 0.5) is 0 Å². The number of carboxylic acids is 1. The molecule has 3 aromatic rings. The smallest absolute Gasteiger partial charge is 0.548 e. The second-order valence-corrected chi connectivity index (χ2v) is 8.03. The molecule has 132 valence electrons. The number of carboxylic acid groups (broad SMARTS) is 1. The molecule has 3 heterocycles. The van der Waals surface area contributed by atoms with E-state index in [9.17, 15) is 14.7 Å². The summed E-state index contributed by atoms with van der Waals surface area (Å²) < 4.78 is 3.59. The summed E-state index contributed by atoms with van der Waals surface area (Å²) in [7, 11) is 0. The van der Waals surface area contributed by atoms with Crippen LogP contribution in [0.1, 0.15) is 35.9 Å². The molecular formula is C20H17LiN2O3S. The maximum absolute atomic E-state index is 12.7. The van der Waals surface area contributed by atoms with Gasteiger partial charge in [0.05, 0.1) is 17.0 Å². The largest absolute Gasteiger partial charge is 1.00 e. The Kier molecular flexibility index (Phi) is 4.75. The van der Waals surface area contributed by atoms with Gasteiger partial charge in [0.2, 0.25) is 0 Å². The van der Waals surface area contributed by atoms with Gasteiger partial charge >= 0.3 is 18.9 Å². The summed E-state index contributed by atoms with van der Waals surface area (Å²) in [5.74, 6) is -0.376. The van der Waals surface area contributed by atoms with Crippen LogP contribution in [0.3, 0.4) is 0 Å². The number of benzene rings is 1. The molecule has 0 saturated heterocycles. The van der Waals surface area contributed by atoms with Crippen molar-refractivity contribution in [1.29, 1.82) is 0 Å². The van der Waals surface area contributed by atoms with E-state index in [1.165, 1.54) is 21.7 Å². The van der Waals surface area contributed by atoms with E-state index >= 15 is 0 Å². The third-order valence-electron chi connectivity index (χ3n) is 5.30. The van der Waals surface area contributed by atoms with Gasteiger partial charge in [-0.05, 0) is 47.4 Å². The molecule has 27 heavy (non-hydrogen) atoms. The molecule has 7 heteroatoms. The van der Waals surface area contributed by atoms with Crippen LogP contribution in [0.5, 0.6) is 0 Å².